The fourth-order valence-electron chi connectivity index (χ4n) is 2.50. The molecule has 0 aliphatic carbocycles. The van der Waals surface area contributed by atoms with Crippen molar-refractivity contribution in [2.45, 2.75) is 33.3 Å². The van der Waals surface area contributed by atoms with Gasteiger partial charge < -0.3 is 9.57 Å². The van der Waals surface area contributed by atoms with E-state index in [1.54, 1.807) is 30.1 Å². The summed E-state index contributed by atoms with van der Waals surface area (Å²) in [5.74, 6) is 1.09. The van der Waals surface area contributed by atoms with Gasteiger partial charge in [0.2, 0.25) is 5.88 Å². The molecule has 1 aromatic carbocycles. The number of para-hydroxylation sites is 1. The zero-order chi connectivity index (χ0) is 19.2. The number of aryl methyl sites for hydroxylation is 3. The van der Waals surface area contributed by atoms with Crippen LogP contribution in [0.1, 0.15) is 35.2 Å². The quantitative estimate of drug-likeness (QED) is 0.406. The summed E-state index contributed by atoms with van der Waals surface area (Å²) in [6.45, 7) is 4.32. The molecule has 0 fully saturated rings. The maximum Gasteiger partial charge on any atom is 0.226 e. The van der Waals surface area contributed by atoms with Crippen LogP contribution in [0.4, 0.5) is 0 Å². The molecule has 0 aliphatic rings. The number of ether oxygens (including phenoxy) is 1. The van der Waals surface area contributed by atoms with Crippen molar-refractivity contribution in [3.8, 4) is 11.6 Å². The van der Waals surface area contributed by atoms with Gasteiger partial charge in [0.05, 0.1) is 33.1 Å². The first-order valence-corrected chi connectivity index (χ1v) is 9.66. The highest BCUT2D eigenvalue weighted by Gasteiger charge is 2.15. The second-order valence-corrected chi connectivity index (χ2v) is 7.11. The molecular formula is C18H20ClN5O2S. The number of hydrogen-bond donors (Lipinski definition) is 0. The summed E-state index contributed by atoms with van der Waals surface area (Å²) in [6, 6.07) is 7.28. The van der Waals surface area contributed by atoms with Crippen molar-refractivity contribution in [1.29, 1.82) is 0 Å². The maximum atomic E-state index is 6.19. The minimum atomic E-state index is 0.337. The van der Waals surface area contributed by atoms with Crippen LogP contribution in [0.5, 0.6) is 11.6 Å². The fourth-order valence-corrected chi connectivity index (χ4v) is 3.27. The summed E-state index contributed by atoms with van der Waals surface area (Å²) in [6.07, 6.45) is 3.50. The molecule has 0 N–H and O–H groups in total. The molecule has 2 aromatic heterocycles. The van der Waals surface area contributed by atoms with Crippen LogP contribution in [0, 0.1) is 6.92 Å². The van der Waals surface area contributed by atoms with Crippen molar-refractivity contribution in [2.75, 3.05) is 0 Å². The highest BCUT2D eigenvalue weighted by atomic mass is 35.5. The van der Waals surface area contributed by atoms with Gasteiger partial charge in [0.15, 0.2) is 6.61 Å². The summed E-state index contributed by atoms with van der Waals surface area (Å²) < 4.78 is 11.6. The van der Waals surface area contributed by atoms with Gasteiger partial charge in [-0.25, -0.2) is 4.68 Å². The van der Waals surface area contributed by atoms with Crippen molar-refractivity contribution in [3.05, 3.63) is 51.1 Å². The molecule has 7 nitrogen and oxygen atoms in total. The Balaban J connectivity index is 1.72. The van der Waals surface area contributed by atoms with Crippen molar-refractivity contribution >= 4 is 29.3 Å². The van der Waals surface area contributed by atoms with E-state index in [-0.39, 0.29) is 0 Å². The van der Waals surface area contributed by atoms with Crippen molar-refractivity contribution < 1.29 is 9.57 Å². The van der Waals surface area contributed by atoms with Gasteiger partial charge in [0, 0.05) is 7.05 Å². The van der Waals surface area contributed by atoms with Crippen molar-refractivity contribution in [2.24, 2.45) is 12.2 Å². The van der Waals surface area contributed by atoms with Gasteiger partial charge in [-0.2, -0.15) is 5.10 Å². The second kappa shape index (κ2) is 8.96. The van der Waals surface area contributed by atoms with Crippen LogP contribution >= 0.6 is 23.1 Å². The van der Waals surface area contributed by atoms with E-state index in [0.29, 0.717) is 23.3 Å². The summed E-state index contributed by atoms with van der Waals surface area (Å²) >= 11 is 7.52. The zero-order valence-corrected chi connectivity index (χ0v) is 16.9. The third-order valence-corrected chi connectivity index (χ3v) is 4.88. The third-order valence-electron chi connectivity index (χ3n) is 3.83. The number of nitrogens with zero attached hydrogens (tertiary/aromatic N) is 5. The molecule has 0 radical (unpaired) electrons. The number of oxime groups is 1. The van der Waals surface area contributed by atoms with Crippen molar-refractivity contribution in [3.63, 3.8) is 0 Å². The molecule has 0 atom stereocenters. The van der Waals surface area contributed by atoms with E-state index < -0.39 is 0 Å². The van der Waals surface area contributed by atoms with Crippen LogP contribution in [-0.4, -0.2) is 25.6 Å². The lowest BCUT2D eigenvalue weighted by molar-refractivity contribution is 0.133. The first kappa shape index (κ1) is 19.3. The van der Waals surface area contributed by atoms with E-state index in [2.05, 4.69) is 26.8 Å². The van der Waals surface area contributed by atoms with Gasteiger partial charge in [0.25, 0.3) is 0 Å². The monoisotopic (exact) mass is 405 g/mol. The van der Waals surface area contributed by atoms with E-state index >= 15 is 0 Å². The van der Waals surface area contributed by atoms with Crippen LogP contribution < -0.4 is 4.74 Å². The van der Waals surface area contributed by atoms with E-state index in [1.165, 1.54) is 11.5 Å². The normalized spacial score (nSPS) is 11.3. The molecule has 0 amide bonds. The number of halogens is 1. The van der Waals surface area contributed by atoms with E-state index in [9.17, 15) is 0 Å². The molecular weight excluding hydrogens is 386 g/mol. The Bertz CT molecular complexity index is 938. The lowest BCUT2D eigenvalue weighted by Crippen LogP contribution is -1.97. The number of benzene rings is 1. The number of rotatable bonds is 8. The molecule has 142 valence electrons. The molecule has 2 heterocycles. The molecule has 0 spiro atoms. The minimum Gasteiger partial charge on any atom is -0.437 e. The third kappa shape index (κ3) is 4.64. The standard InChI is InChI=1S/C18H20ClN5O2S/c1-4-7-15-17(27-23-21-15)11-25-20-10-13-12(2)22-24(3)18(13)26-16-9-6-5-8-14(16)19/h5-6,8-10H,4,7,11H2,1-3H3/b20-10+. The average Bonchev–Trinajstić information content (AvgIpc) is 3.19. The SMILES string of the molecule is CCCc1nnsc1CO/N=C/c1c(C)nn(C)c1Oc1ccccc1Cl. The van der Waals surface area contributed by atoms with Gasteiger partial charge in [-0.3, -0.25) is 0 Å². The Hall–Kier alpha value is -2.45. The van der Waals surface area contributed by atoms with Gasteiger partial charge in [0.1, 0.15) is 5.75 Å². The molecule has 27 heavy (non-hydrogen) atoms. The average molecular weight is 406 g/mol. The Morgan fingerprint density at radius 3 is 2.93 bits per heavy atom. The van der Waals surface area contributed by atoms with Gasteiger partial charge in [-0.05, 0) is 37.0 Å². The molecule has 3 aromatic rings. The van der Waals surface area contributed by atoms with E-state index in [0.717, 1.165) is 34.7 Å². The predicted octanol–water partition coefficient (Wildman–Crippen LogP) is 4.53. The molecule has 0 unspecified atom stereocenters. The van der Waals surface area contributed by atoms with Crippen molar-refractivity contribution in [1.82, 2.24) is 19.4 Å². The van der Waals surface area contributed by atoms with Gasteiger partial charge >= 0.3 is 0 Å². The predicted molar refractivity (Wildman–Crippen MR) is 106 cm³/mol. The molecule has 0 bridgehead atoms. The van der Waals surface area contributed by atoms with E-state index in [1.807, 2.05) is 19.1 Å². The maximum absolute atomic E-state index is 6.19. The fraction of sp³-hybridized carbons (Fsp3) is 0.333. The molecule has 9 heteroatoms. The summed E-state index contributed by atoms with van der Waals surface area (Å²) in [5.41, 5.74) is 2.48. The Morgan fingerprint density at radius 2 is 2.15 bits per heavy atom. The summed E-state index contributed by atoms with van der Waals surface area (Å²) in [7, 11) is 1.80. The van der Waals surface area contributed by atoms with E-state index in [4.69, 9.17) is 21.2 Å². The number of hydrogen-bond acceptors (Lipinski definition) is 7. The van der Waals surface area contributed by atoms with Crippen LogP contribution in [0.3, 0.4) is 0 Å². The summed E-state index contributed by atoms with van der Waals surface area (Å²) in [5, 5.41) is 13.1. The Morgan fingerprint density at radius 1 is 1.33 bits per heavy atom. The van der Waals surface area contributed by atoms with Crippen LogP contribution in [0.25, 0.3) is 0 Å². The number of aromatic nitrogens is 4. The zero-order valence-electron chi connectivity index (χ0n) is 15.3. The lowest BCUT2D eigenvalue weighted by atomic mass is 10.2. The molecule has 0 saturated heterocycles. The first-order chi connectivity index (χ1) is 13.1. The van der Waals surface area contributed by atoms with Gasteiger partial charge in [-0.15, -0.1) is 5.10 Å². The largest absolute Gasteiger partial charge is 0.437 e. The summed E-state index contributed by atoms with van der Waals surface area (Å²) in [4.78, 5) is 6.43. The highest BCUT2D eigenvalue weighted by Crippen LogP contribution is 2.31. The minimum absolute atomic E-state index is 0.337. The molecule has 3 rings (SSSR count). The molecule has 0 aliphatic heterocycles. The lowest BCUT2D eigenvalue weighted by Gasteiger charge is -2.08. The van der Waals surface area contributed by atoms with Crippen LogP contribution in [0.2, 0.25) is 5.02 Å². The second-order valence-electron chi connectivity index (χ2n) is 5.86. The highest BCUT2D eigenvalue weighted by molar-refractivity contribution is 7.05. The Kier molecular flexibility index (Phi) is 6.41. The van der Waals surface area contributed by atoms with Crippen LogP contribution in [0.15, 0.2) is 29.4 Å². The first-order valence-electron chi connectivity index (χ1n) is 8.51. The smallest absolute Gasteiger partial charge is 0.226 e. The van der Waals surface area contributed by atoms with Gasteiger partial charge in [-0.1, -0.05) is 46.7 Å². The Labute approximate surface area is 166 Å². The van der Waals surface area contributed by atoms with Crippen LogP contribution in [-0.2, 0) is 24.9 Å². The topological polar surface area (TPSA) is 74.4 Å². The molecule has 0 saturated carbocycles.